The monoisotopic (exact) mass is 449 g/mol. The van der Waals surface area contributed by atoms with Crippen LogP contribution in [0.3, 0.4) is 0 Å². The van der Waals surface area contributed by atoms with E-state index in [2.05, 4.69) is 20.1 Å². The smallest absolute Gasteiger partial charge is 0.338 e. The summed E-state index contributed by atoms with van der Waals surface area (Å²) in [5, 5.41) is 14.8. The first kappa shape index (κ1) is 22.9. The van der Waals surface area contributed by atoms with Crippen molar-refractivity contribution in [1.82, 2.24) is 24.6 Å². The number of hydrogen-bond donors (Lipinski definition) is 1. The number of esters is 1. The number of nitrogens with zero attached hydrogens (tertiary/aromatic N) is 5. The highest BCUT2D eigenvalue weighted by atomic mass is 16.5. The van der Waals surface area contributed by atoms with Crippen LogP contribution in [0.2, 0.25) is 0 Å². The zero-order chi connectivity index (χ0) is 23.4. The van der Waals surface area contributed by atoms with E-state index in [1.54, 1.807) is 16.9 Å². The zero-order valence-electron chi connectivity index (χ0n) is 19.5. The van der Waals surface area contributed by atoms with Gasteiger partial charge in [0.25, 0.3) is 5.78 Å². The molecule has 174 valence electrons. The van der Waals surface area contributed by atoms with Gasteiger partial charge in [0, 0.05) is 30.2 Å². The summed E-state index contributed by atoms with van der Waals surface area (Å²) in [5.41, 5.74) is 3.11. The van der Waals surface area contributed by atoms with E-state index in [1.807, 2.05) is 32.0 Å². The van der Waals surface area contributed by atoms with Crippen molar-refractivity contribution >= 4 is 11.7 Å². The van der Waals surface area contributed by atoms with Crippen molar-refractivity contribution in [3.8, 4) is 0 Å². The minimum Gasteiger partial charge on any atom is -0.512 e. The molecule has 3 heterocycles. The zero-order valence-corrected chi connectivity index (χ0v) is 19.5. The number of aliphatic hydroxyl groups excluding tert-OH is 1. The molecule has 0 saturated heterocycles. The third-order valence-corrected chi connectivity index (χ3v) is 6.33. The Hall–Kier alpha value is -3.29. The third kappa shape index (κ3) is 5.56. The molecule has 1 saturated carbocycles. The van der Waals surface area contributed by atoms with Gasteiger partial charge in [-0.1, -0.05) is 12.8 Å². The standard InChI is InChI=1S/C25H31N5O3/c1-16-14-17(2)30-25(27-16)28-23(29-30)15-21(18(3)31)24(32)33-22(20-6-4-5-7-20)9-8-19-10-12-26-13-11-19/h10-14,20,22,31H,4-9,15H2,1-3H3/b21-18+. The first-order valence-electron chi connectivity index (χ1n) is 11.6. The molecule has 4 rings (SSSR count). The number of aliphatic hydroxyl groups is 1. The fraction of sp³-hybridized carbons (Fsp3) is 0.480. The highest BCUT2D eigenvalue weighted by molar-refractivity contribution is 5.89. The molecule has 1 aliphatic carbocycles. The van der Waals surface area contributed by atoms with E-state index in [1.165, 1.54) is 12.5 Å². The summed E-state index contributed by atoms with van der Waals surface area (Å²) in [4.78, 5) is 26.1. The van der Waals surface area contributed by atoms with Gasteiger partial charge in [-0.15, -0.1) is 5.10 Å². The van der Waals surface area contributed by atoms with Gasteiger partial charge in [0.2, 0.25) is 0 Å². The molecule has 0 aromatic carbocycles. The number of pyridine rings is 1. The molecule has 33 heavy (non-hydrogen) atoms. The maximum absolute atomic E-state index is 13.2. The molecule has 0 radical (unpaired) electrons. The molecule has 1 fully saturated rings. The van der Waals surface area contributed by atoms with Crippen molar-refractivity contribution < 1.29 is 14.6 Å². The summed E-state index contributed by atoms with van der Waals surface area (Å²) in [5.74, 6) is 0.678. The number of carbonyl (C=O) groups excluding carboxylic acids is 1. The number of carbonyl (C=O) groups is 1. The largest absolute Gasteiger partial charge is 0.512 e. The van der Waals surface area contributed by atoms with Gasteiger partial charge < -0.3 is 9.84 Å². The maximum atomic E-state index is 13.2. The molecule has 8 heteroatoms. The lowest BCUT2D eigenvalue weighted by atomic mass is 9.95. The van der Waals surface area contributed by atoms with Crippen molar-refractivity contribution in [3.63, 3.8) is 0 Å². The van der Waals surface area contributed by atoms with Crippen molar-refractivity contribution in [2.45, 2.75) is 71.8 Å². The van der Waals surface area contributed by atoms with Gasteiger partial charge >= 0.3 is 5.97 Å². The Morgan fingerprint density at radius 3 is 2.64 bits per heavy atom. The highest BCUT2D eigenvalue weighted by Crippen LogP contribution is 2.32. The molecule has 1 aliphatic rings. The first-order chi connectivity index (χ1) is 15.9. The highest BCUT2D eigenvalue weighted by Gasteiger charge is 2.30. The van der Waals surface area contributed by atoms with Crippen LogP contribution in [0.15, 0.2) is 41.9 Å². The number of hydrogen-bond acceptors (Lipinski definition) is 7. The lowest BCUT2D eigenvalue weighted by molar-refractivity contribution is -0.147. The number of fused-ring (bicyclic) bond motifs is 1. The van der Waals surface area contributed by atoms with Gasteiger partial charge in [-0.05, 0) is 76.1 Å². The van der Waals surface area contributed by atoms with E-state index in [-0.39, 0.29) is 23.9 Å². The first-order valence-corrected chi connectivity index (χ1v) is 11.6. The Morgan fingerprint density at radius 1 is 1.21 bits per heavy atom. The Balaban J connectivity index is 1.50. The predicted molar refractivity (Wildman–Crippen MR) is 124 cm³/mol. The van der Waals surface area contributed by atoms with E-state index in [9.17, 15) is 9.90 Å². The average molecular weight is 450 g/mol. The number of aryl methyl sites for hydroxylation is 3. The van der Waals surface area contributed by atoms with Crippen molar-refractivity contribution in [1.29, 1.82) is 0 Å². The van der Waals surface area contributed by atoms with Gasteiger partial charge in [0.05, 0.1) is 5.57 Å². The van der Waals surface area contributed by atoms with Crippen molar-refractivity contribution in [2.75, 3.05) is 0 Å². The summed E-state index contributed by atoms with van der Waals surface area (Å²) >= 11 is 0. The molecule has 0 spiro atoms. The van der Waals surface area contributed by atoms with Crippen molar-refractivity contribution in [2.24, 2.45) is 5.92 Å². The topological polar surface area (TPSA) is 102 Å². The van der Waals surface area contributed by atoms with Crippen LogP contribution >= 0.6 is 0 Å². The summed E-state index contributed by atoms with van der Waals surface area (Å²) in [7, 11) is 0. The fourth-order valence-corrected chi connectivity index (χ4v) is 4.58. The minimum atomic E-state index is -0.499. The second-order valence-corrected chi connectivity index (χ2v) is 8.90. The molecule has 1 N–H and O–H groups in total. The van der Waals surface area contributed by atoms with Crippen molar-refractivity contribution in [3.05, 3.63) is 64.7 Å². The molecular formula is C25H31N5O3. The summed E-state index contributed by atoms with van der Waals surface area (Å²) < 4.78 is 7.67. The van der Waals surface area contributed by atoms with Crippen LogP contribution in [0.1, 0.15) is 61.8 Å². The summed E-state index contributed by atoms with van der Waals surface area (Å²) in [6.07, 6.45) is 9.45. The SMILES string of the molecule is C/C(O)=C(/Cc1nc2nc(C)cc(C)n2n1)C(=O)OC(CCc1ccncc1)C1CCCC1. The van der Waals surface area contributed by atoms with Gasteiger partial charge in [-0.25, -0.2) is 14.3 Å². The lowest BCUT2D eigenvalue weighted by Gasteiger charge is -2.24. The second-order valence-electron chi connectivity index (χ2n) is 8.90. The molecule has 1 atom stereocenters. The molecule has 0 amide bonds. The number of allylic oxidation sites excluding steroid dienone is 1. The van der Waals surface area contributed by atoms with Crippen LogP contribution in [0.25, 0.3) is 5.78 Å². The summed E-state index contributed by atoms with van der Waals surface area (Å²) in [6, 6.07) is 5.90. The van der Waals surface area contributed by atoms with Crippen LogP contribution < -0.4 is 0 Å². The van der Waals surface area contributed by atoms with Crippen LogP contribution in [-0.2, 0) is 22.4 Å². The van der Waals surface area contributed by atoms with E-state index in [0.717, 1.165) is 49.9 Å². The van der Waals surface area contributed by atoms with E-state index in [4.69, 9.17) is 4.74 Å². The van der Waals surface area contributed by atoms with E-state index in [0.29, 0.717) is 17.5 Å². The molecule has 0 aliphatic heterocycles. The van der Waals surface area contributed by atoms with E-state index < -0.39 is 5.97 Å². The molecule has 8 nitrogen and oxygen atoms in total. The van der Waals surface area contributed by atoms with Gasteiger partial charge in [0.1, 0.15) is 11.9 Å². The number of rotatable bonds is 8. The quantitative estimate of drug-likeness (QED) is 0.312. The Morgan fingerprint density at radius 2 is 1.94 bits per heavy atom. The van der Waals surface area contributed by atoms with Crippen LogP contribution in [0.5, 0.6) is 0 Å². The second kappa shape index (κ2) is 10.1. The number of ether oxygens (including phenoxy) is 1. The normalized spacial score (nSPS) is 16.1. The number of aromatic nitrogens is 5. The van der Waals surface area contributed by atoms with Gasteiger partial charge in [-0.3, -0.25) is 4.98 Å². The Kier molecular flexibility index (Phi) is 7.01. The predicted octanol–water partition coefficient (Wildman–Crippen LogP) is 4.25. The molecule has 0 bridgehead atoms. The third-order valence-electron chi connectivity index (χ3n) is 6.33. The molecular weight excluding hydrogens is 418 g/mol. The molecule has 3 aromatic rings. The average Bonchev–Trinajstić information content (AvgIpc) is 3.45. The summed E-state index contributed by atoms with van der Waals surface area (Å²) in [6.45, 7) is 5.33. The lowest BCUT2D eigenvalue weighted by Crippen LogP contribution is -2.28. The van der Waals surface area contributed by atoms with Crippen LogP contribution in [0, 0.1) is 19.8 Å². The Labute approximate surface area is 193 Å². The van der Waals surface area contributed by atoms with Gasteiger partial charge in [0.15, 0.2) is 5.82 Å². The van der Waals surface area contributed by atoms with Crippen LogP contribution in [-0.4, -0.2) is 41.7 Å². The molecule has 3 aromatic heterocycles. The minimum absolute atomic E-state index is 0.0703. The van der Waals surface area contributed by atoms with Gasteiger partial charge in [-0.2, -0.15) is 4.98 Å². The Bertz CT molecular complexity index is 1150. The van der Waals surface area contributed by atoms with E-state index >= 15 is 0 Å². The maximum Gasteiger partial charge on any atom is 0.338 e. The fourth-order valence-electron chi connectivity index (χ4n) is 4.58. The van der Waals surface area contributed by atoms with Crippen LogP contribution in [0.4, 0.5) is 0 Å². The molecule has 1 unspecified atom stereocenters.